The summed E-state index contributed by atoms with van der Waals surface area (Å²) in [7, 11) is 2.07. The van der Waals surface area contributed by atoms with Crippen molar-refractivity contribution >= 4 is 5.91 Å². The summed E-state index contributed by atoms with van der Waals surface area (Å²) in [5.41, 5.74) is 0. The van der Waals surface area contributed by atoms with Gasteiger partial charge in [-0.15, -0.1) is 0 Å². The summed E-state index contributed by atoms with van der Waals surface area (Å²) in [6.07, 6.45) is 0. The Labute approximate surface area is 105 Å². The van der Waals surface area contributed by atoms with Crippen molar-refractivity contribution < 1.29 is 4.79 Å². The van der Waals surface area contributed by atoms with Gasteiger partial charge >= 0.3 is 0 Å². The normalized spacial score (nSPS) is 11.2. The predicted molar refractivity (Wildman–Crippen MR) is 72.2 cm³/mol. The second-order valence-corrected chi connectivity index (χ2v) is 4.54. The van der Waals surface area contributed by atoms with E-state index in [1.807, 2.05) is 13.8 Å². The van der Waals surface area contributed by atoms with Gasteiger partial charge in [-0.05, 0) is 13.6 Å². The van der Waals surface area contributed by atoms with Crippen molar-refractivity contribution in [2.24, 2.45) is 0 Å². The van der Waals surface area contributed by atoms with Gasteiger partial charge < -0.3 is 20.9 Å². The van der Waals surface area contributed by atoms with E-state index >= 15 is 0 Å². The predicted octanol–water partition coefficient (Wildman–Crippen LogP) is -0.358. The molecule has 0 saturated carbocycles. The highest BCUT2D eigenvalue weighted by molar-refractivity contribution is 5.77. The van der Waals surface area contributed by atoms with Gasteiger partial charge in [-0.1, -0.05) is 20.8 Å². The fraction of sp³-hybridized carbons (Fsp3) is 0.917. The first-order chi connectivity index (χ1) is 8.06. The van der Waals surface area contributed by atoms with Gasteiger partial charge in [0.2, 0.25) is 5.91 Å². The lowest BCUT2D eigenvalue weighted by Crippen LogP contribution is -2.40. The Morgan fingerprint density at radius 1 is 1.24 bits per heavy atom. The molecular weight excluding hydrogens is 216 g/mol. The Morgan fingerprint density at radius 2 is 1.88 bits per heavy atom. The van der Waals surface area contributed by atoms with Crippen LogP contribution in [0.5, 0.6) is 0 Å². The standard InChI is InChI=1S/C12H28N4O/c1-5-13-6-8-16(4)9-7-14-12(17)10-15-11(2)3/h11,13,15H,5-10H2,1-4H3,(H,14,17). The van der Waals surface area contributed by atoms with E-state index in [2.05, 4.69) is 34.8 Å². The number of carbonyl (C=O) groups is 1. The molecule has 17 heavy (non-hydrogen) atoms. The average molecular weight is 244 g/mol. The summed E-state index contributed by atoms with van der Waals surface area (Å²) in [5, 5.41) is 9.26. The van der Waals surface area contributed by atoms with Crippen LogP contribution in [0.25, 0.3) is 0 Å². The van der Waals surface area contributed by atoms with Crippen LogP contribution in [0, 0.1) is 0 Å². The van der Waals surface area contributed by atoms with Gasteiger partial charge in [0.25, 0.3) is 0 Å². The maximum Gasteiger partial charge on any atom is 0.234 e. The molecule has 0 spiro atoms. The molecule has 0 fully saturated rings. The summed E-state index contributed by atoms with van der Waals surface area (Å²) in [5.74, 6) is 0.0683. The molecule has 0 heterocycles. The molecule has 5 heteroatoms. The first-order valence-corrected chi connectivity index (χ1v) is 6.45. The zero-order valence-electron chi connectivity index (χ0n) is 11.7. The van der Waals surface area contributed by atoms with Crippen LogP contribution in [0.3, 0.4) is 0 Å². The number of nitrogens with zero attached hydrogens (tertiary/aromatic N) is 1. The molecule has 0 aromatic carbocycles. The molecule has 0 aliphatic carbocycles. The van der Waals surface area contributed by atoms with Gasteiger partial charge in [0.15, 0.2) is 0 Å². The lowest BCUT2D eigenvalue weighted by molar-refractivity contribution is -0.120. The van der Waals surface area contributed by atoms with Crippen molar-refractivity contribution in [2.75, 3.05) is 46.3 Å². The van der Waals surface area contributed by atoms with E-state index < -0.39 is 0 Å². The van der Waals surface area contributed by atoms with Crippen LogP contribution in [0.15, 0.2) is 0 Å². The SMILES string of the molecule is CCNCCN(C)CCNC(=O)CNC(C)C. The van der Waals surface area contributed by atoms with Crippen molar-refractivity contribution in [3.63, 3.8) is 0 Å². The van der Waals surface area contributed by atoms with Gasteiger partial charge in [0.1, 0.15) is 0 Å². The molecule has 0 rings (SSSR count). The van der Waals surface area contributed by atoms with Crippen molar-refractivity contribution in [3.8, 4) is 0 Å². The molecular formula is C12H28N4O. The Morgan fingerprint density at radius 3 is 2.47 bits per heavy atom. The van der Waals surface area contributed by atoms with Crippen LogP contribution in [-0.4, -0.2) is 63.2 Å². The summed E-state index contributed by atoms with van der Waals surface area (Å²) in [6, 6.07) is 0.351. The molecule has 0 aromatic heterocycles. The second kappa shape index (κ2) is 10.5. The smallest absolute Gasteiger partial charge is 0.234 e. The Bertz CT molecular complexity index is 197. The van der Waals surface area contributed by atoms with E-state index in [1.54, 1.807) is 0 Å². The van der Waals surface area contributed by atoms with E-state index in [1.165, 1.54) is 0 Å². The number of rotatable bonds is 10. The molecule has 0 aromatic rings. The third-order valence-corrected chi connectivity index (χ3v) is 2.41. The number of amides is 1. The molecule has 0 bridgehead atoms. The topological polar surface area (TPSA) is 56.4 Å². The summed E-state index contributed by atoms with van der Waals surface area (Å²) in [4.78, 5) is 13.6. The number of likely N-dealkylation sites (N-methyl/N-ethyl adjacent to an activating group) is 2. The third kappa shape index (κ3) is 11.6. The number of nitrogens with one attached hydrogen (secondary N) is 3. The molecule has 0 saturated heterocycles. The lowest BCUT2D eigenvalue weighted by atomic mass is 10.4. The maximum atomic E-state index is 11.4. The van der Waals surface area contributed by atoms with Crippen LogP contribution >= 0.6 is 0 Å². The maximum absolute atomic E-state index is 11.4. The van der Waals surface area contributed by atoms with E-state index in [0.29, 0.717) is 19.1 Å². The van der Waals surface area contributed by atoms with Crippen LogP contribution in [0.2, 0.25) is 0 Å². The van der Waals surface area contributed by atoms with Crippen molar-refractivity contribution in [2.45, 2.75) is 26.8 Å². The zero-order valence-corrected chi connectivity index (χ0v) is 11.7. The van der Waals surface area contributed by atoms with Crippen LogP contribution in [0.1, 0.15) is 20.8 Å². The second-order valence-electron chi connectivity index (χ2n) is 4.54. The highest BCUT2D eigenvalue weighted by Crippen LogP contribution is 1.80. The summed E-state index contributed by atoms with van der Waals surface area (Å²) in [6.45, 7) is 11.2. The number of hydrogen-bond acceptors (Lipinski definition) is 4. The average Bonchev–Trinajstić information content (AvgIpc) is 2.27. The molecule has 102 valence electrons. The molecule has 0 aliphatic heterocycles. The minimum Gasteiger partial charge on any atom is -0.354 e. The van der Waals surface area contributed by atoms with Crippen LogP contribution in [-0.2, 0) is 4.79 Å². The lowest BCUT2D eigenvalue weighted by Gasteiger charge is -2.17. The van der Waals surface area contributed by atoms with Crippen molar-refractivity contribution in [3.05, 3.63) is 0 Å². The summed E-state index contributed by atoms with van der Waals surface area (Å²) >= 11 is 0. The Kier molecular flexibility index (Phi) is 10.1. The van der Waals surface area contributed by atoms with Crippen molar-refractivity contribution in [1.82, 2.24) is 20.9 Å². The fourth-order valence-corrected chi connectivity index (χ4v) is 1.30. The van der Waals surface area contributed by atoms with E-state index in [-0.39, 0.29) is 5.91 Å². The molecule has 0 unspecified atom stereocenters. The Balaban J connectivity index is 3.39. The van der Waals surface area contributed by atoms with E-state index in [0.717, 1.165) is 26.2 Å². The van der Waals surface area contributed by atoms with Gasteiger partial charge in [-0.3, -0.25) is 4.79 Å². The zero-order chi connectivity index (χ0) is 13.1. The highest BCUT2D eigenvalue weighted by atomic mass is 16.1. The molecule has 0 aliphatic rings. The molecule has 0 atom stereocenters. The van der Waals surface area contributed by atoms with Gasteiger partial charge in [-0.25, -0.2) is 0 Å². The van der Waals surface area contributed by atoms with Gasteiger partial charge in [0.05, 0.1) is 6.54 Å². The van der Waals surface area contributed by atoms with Crippen LogP contribution in [0.4, 0.5) is 0 Å². The molecule has 0 radical (unpaired) electrons. The van der Waals surface area contributed by atoms with E-state index in [4.69, 9.17) is 0 Å². The largest absolute Gasteiger partial charge is 0.354 e. The molecule has 1 amide bonds. The Hall–Kier alpha value is -0.650. The minimum absolute atomic E-state index is 0.0683. The van der Waals surface area contributed by atoms with E-state index in [9.17, 15) is 4.79 Å². The summed E-state index contributed by atoms with van der Waals surface area (Å²) < 4.78 is 0. The number of hydrogen-bond donors (Lipinski definition) is 3. The molecule has 5 nitrogen and oxygen atoms in total. The minimum atomic E-state index is 0.0683. The first kappa shape index (κ1) is 16.4. The van der Waals surface area contributed by atoms with Gasteiger partial charge in [-0.2, -0.15) is 0 Å². The highest BCUT2D eigenvalue weighted by Gasteiger charge is 2.02. The monoisotopic (exact) mass is 244 g/mol. The fourth-order valence-electron chi connectivity index (χ4n) is 1.30. The number of carbonyl (C=O) groups excluding carboxylic acids is 1. The third-order valence-electron chi connectivity index (χ3n) is 2.41. The van der Waals surface area contributed by atoms with Crippen molar-refractivity contribution in [1.29, 1.82) is 0 Å². The quantitative estimate of drug-likeness (QED) is 0.460. The van der Waals surface area contributed by atoms with Crippen LogP contribution < -0.4 is 16.0 Å². The first-order valence-electron chi connectivity index (χ1n) is 6.45. The molecule has 3 N–H and O–H groups in total. The van der Waals surface area contributed by atoms with Gasteiger partial charge in [0, 0.05) is 32.2 Å².